The van der Waals surface area contributed by atoms with Crippen LogP contribution in [0.2, 0.25) is 0 Å². The highest BCUT2D eigenvalue weighted by molar-refractivity contribution is 5.76. The summed E-state index contributed by atoms with van der Waals surface area (Å²) in [6, 6.07) is 4.37. The third kappa shape index (κ3) is 2.72. The molecule has 1 saturated carbocycles. The molecule has 0 spiro atoms. The number of anilines is 1. The molecule has 4 nitrogen and oxygen atoms in total. The number of aromatic nitrogens is 1. The van der Waals surface area contributed by atoms with Crippen molar-refractivity contribution in [3.05, 3.63) is 24.5 Å². The van der Waals surface area contributed by atoms with Gasteiger partial charge in [0.2, 0.25) is 5.91 Å². The summed E-state index contributed by atoms with van der Waals surface area (Å²) in [4.78, 5) is 15.0. The molecule has 1 aromatic rings. The van der Waals surface area contributed by atoms with Crippen molar-refractivity contribution in [1.29, 1.82) is 0 Å². The van der Waals surface area contributed by atoms with E-state index in [2.05, 4.69) is 10.3 Å². The van der Waals surface area contributed by atoms with Crippen molar-refractivity contribution in [1.82, 2.24) is 4.98 Å². The van der Waals surface area contributed by atoms with E-state index in [1.54, 1.807) is 12.4 Å². The molecule has 1 fully saturated rings. The lowest BCUT2D eigenvalue weighted by Gasteiger charge is -2.28. The van der Waals surface area contributed by atoms with E-state index in [0.717, 1.165) is 31.4 Å². The SMILES string of the molecule is NC(=O)[C@H]1CC[C@@H](Nc2ccncc2)CC1. The van der Waals surface area contributed by atoms with Crippen LogP contribution in [0.1, 0.15) is 25.7 Å². The number of amides is 1. The normalized spacial score (nSPS) is 25.0. The lowest BCUT2D eigenvalue weighted by molar-refractivity contribution is -0.122. The summed E-state index contributed by atoms with van der Waals surface area (Å²) in [7, 11) is 0. The zero-order valence-corrected chi connectivity index (χ0v) is 9.23. The molecule has 1 aliphatic rings. The number of hydrogen-bond acceptors (Lipinski definition) is 3. The first kappa shape index (κ1) is 10.9. The number of carbonyl (C=O) groups is 1. The molecule has 0 bridgehead atoms. The number of nitrogens with one attached hydrogen (secondary N) is 1. The molecule has 0 unspecified atom stereocenters. The Morgan fingerprint density at radius 1 is 1.25 bits per heavy atom. The lowest BCUT2D eigenvalue weighted by Crippen LogP contribution is -2.32. The Labute approximate surface area is 95.3 Å². The molecule has 0 atom stereocenters. The van der Waals surface area contributed by atoms with Gasteiger partial charge in [0.1, 0.15) is 0 Å². The maximum absolute atomic E-state index is 11.0. The van der Waals surface area contributed by atoms with Crippen LogP contribution in [0.3, 0.4) is 0 Å². The molecule has 1 heterocycles. The van der Waals surface area contributed by atoms with Gasteiger partial charge < -0.3 is 11.1 Å². The highest BCUT2D eigenvalue weighted by Gasteiger charge is 2.24. The van der Waals surface area contributed by atoms with Crippen molar-refractivity contribution < 1.29 is 4.79 Å². The minimum Gasteiger partial charge on any atom is -0.382 e. The van der Waals surface area contributed by atoms with Gasteiger partial charge in [-0.25, -0.2) is 0 Å². The standard InChI is InChI=1S/C12H17N3O/c13-12(16)9-1-3-10(4-2-9)15-11-5-7-14-8-6-11/h5-10H,1-4H2,(H2,13,16)(H,14,15)/t9-,10+. The first-order valence-electron chi connectivity index (χ1n) is 5.71. The quantitative estimate of drug-likeness (QED) is 0.810. The summed E-state index contributed by atoms with van der Waals surface area (Å²) in [6.45, 7) is 0. The van der Waals surface area contributed by atoms with Gasteiger partial charge in [0.25, 0.3) is 0 Å². The van der Waals surface area contributed by atoms with Crippen LogP contribution in [0.15, 0.2) is 24.5 Å². The number of nitrogens with two attached hydrogens (primary N) is 1. The van der Waals surface area contributed by atoms with Gasteiger partial charge in [-0.05, 0) is 37.8 Å². The highest BCUT2D eigenvalue weighted by atomic mass is 16.1. The molecule has 16 heavy (non-hydrogen) atoms. The lowest BCUT2D eigenvalue weighted by atomic mass is 9.85. The van der Waals surface area contributed by atoms with Crippen LogP contribution < -0.4 is 11.1 Å². The van der Waals surface area contributed by atoms with E-state index >= 15 is 0 Å². The largest absolute Gasteiger partial charge is 0.382 e. The van der Waals surface area contributed by atoms with Crippen molar-refractivity contribution in [2.75, 3.05) is 5.32 Å². The van der Waals surface area contributed by atoms with Crippen molar-refractivity contribution in [3.8, 4) is 0 Å². The third-order valence-electron chi connectivity index (χ3n) is 3.18. The summed E-state index contributed by atoms with van der Waals surface area (Å²) < 4.78 is 0. The molecule has 1 amide bonds. The Kier molecular flexibility index (Phi) is 3.39. The van der Waals surface area contributed by atoms with Crippen LogP contribution in [0.5, 0.6) is 0 Å². The Bertz CT molecular complexity index is 345. The topological polar surface area (TPSA) is 68.0 Å². The Hall–Kier alpha value is -1.58. The summed E-state index contributed by atoms with van der Waals surface area (Å²) in [5.41, 5.74) is 6.39. The number of nitrogens with zero attached hydrogens (tertiary/aromatic N) is 1. The van der Waals surface area contributed by atoms with Crippen LogP contribution in [-0.4, -0.2) is 16.9 Å². The fourth-order valence-corrected chi connectivity index (χ4v) is 2.21. The summed E-state index contributed by atoms with van der Waals surface area (Å²) in [6.07, 6.45) is 7.37. The molecule has 0 saturated heterocycles. The van der Waals surface area contributed by atoms with Gasteiger partial charge in [-0.1, -0.05) is 0 Å². The first-order chi connectivity index (χ1) is 7.75. The predicted octanol–water partition coefficient (Wildman–Crippen LogP) is 1.54. The maximum atomic E-state index is 11.0. The monoisotopic (exact) mass is 219 g/mol. The van der Waals surface area contributed by atoms with E-state index in [1.165, 1.54) is 0 Å². The smallest absolute Gasteiger partial charge is 0.220 e. The number of rotatable bonds is 3. The number of primary amides is 1. The average molecular weight is 219 g/mol. The molecule has 0 radical (unpaired) electrons. The van der Waals surface area contributed by atoms with E-state index < -0.39 is 0 Å². The van der Waals surface area contributed by atoms with Gasteiger partial charge in [0, 0.05) is 30.0 Å². The van der Waals surface area contributed by atoms with E-state index in [-0.39, 0.29) is 11.8 Å². The first-order valence-corrected chi connectivity index (χ1v) is 5.71. The Balaban J connectivity index is 1.84. The molecule has 3 N–H and O–H groups in total. The highest BCUT2D eigenvalue weighted by Crippen LogP contribution is 2.26. The molecular weight excluding hydrogens is 202 g/mol. The van der Waals surface area contributed by atoms with Gasteiger partial charge in [-0.2, -0.15) is 0 Å². The van der Waals surface area contributed by atoms with E-state index in [4.69, 9.17) is 5.73 Å². The van der Waals surface area contributed by atoms with Crippen molar-refractivity contribution in [2.45, 2.75) is 31.7 Å². The fourth-order valence-electron chi connectivity index (χ4n) is 2.21. The third-order valence-corrected chi connectivity index (χ3v) is 3.18. The fraction of sp³-hybridized carbons (Fsp3) is 0.500. The zero-order chi connectivity index (χ0) is 11.4. The maximum Gasteiger partial charge on any atom is 0.220 e. The van der Waals surface area contributed by atoms with E-state index in [9.17, 15) is 4.79 Å². The molecule has 0 aliphatic heterocycles. The summed E-state index contributed by atoms with van der Waals surface area (Å²) in [5.74, 6) is -0.0714. The molecule has 4 heteroatoms. The number of hydrogen-bond donors (Lipinski definition) is 2. The minimum atomic E-state index is -0.151. The zero-order valence-electron chi connectivity index (χ0n) is 9.23. The molecule has 2 rings (SSSR count). The summed E-state index contributed by atoms with van der Waals surface area (Å²) >= 11 is 0. The average Bonchev–Trinajstić information content (AvgIpc) is 2.31. The van der Waals surface area contributed by atoms with Gasteiger partial charge in [-0.15, -0.1) is 0 Å². The van der Waals surface area contributed by atoms with Crippen LogP contribution in [0.25, 0.3) is 0 Å². The van der Waals surface area contributed by atoms with Crippen LogP contribution in [0, 0.1) is 5.92 Å². The molecule has 0 aromatic carbocycles. The molecule has 1 aromatic heterocycles. The molecule has 1 aliphatic carbocycles. The number of pyridine rings is 1. The van der Waals surface area contributed by atoms with Crippen LogP contribution >= 0.6 is 0 Å². The van der Waals surface area contributed by atoms with E-state index in [1.807, 2.05) is 12.1 Å². The van der Waals surface area contributed by atoms with Gasteiger partial charge in [-0.3, -0.25) is 9.78 Å². The predicted molar refractivity (Wildman–Crippen MR) is 62.8 cm³/mol. The second kappa shape index (κ2) is 4.96. The van der Waals surface area contributed by atoms with Crippen molar-refractivity contribution in [3.63, 3.8) is 0 Å². The van der Waals surface area contributed by atoms with Gasteiger partial charge in [0.05, 0.1) is 0 Å². The van der Waals surface area contributed by atoms with Crippen LogP contribution in [0.4, 0.5) is 5.69 Å². The van der Waals surface area contributed by atoms with Crippen molar-refractivity contribution >= 4 is 11.6 Å². The second-order valence-corrected chi connectivity index (χ2v) is 4.33. The molecular formula is C12H17N3O. The van der Waals surface area contributed by atoms with Gasteiger partial charge in [0.15, 0.2) is 0 Å². The van der Waals surface area contributed by atoms with Crippen LogP contribution in [-0.2, 0) is 4.79 Å². The van der Waals surface area contributed by atoms with E-state index in [0.29, 0.717) is 6.04 Å². The Morgan fingerprint density at radius 3 is 2.44 bits per heavy atom. The summed E-state index contributed by atoms with van der Waals surface area (Å²) in [5, 5.41) is 3.45. The van der Waals surface area contributed by atoms with Crippen molar-refractivity contribution in [2.24, 2.45) is 11.7 Å². The number of carbonyl (C=O) groups excluding carboxylic acids is 1. The second-order valence-electron chi connectivity index (χ2n) is 4.33. The van der Waals surface area contributed by atoms with Gasteiger partial charge >= 0.3 is 0 Å². The minimum absolute atomic E-state index is 0.0792. The molecule has 86 valence electrons. The Morgan fingerprint density at radius 2 is 1.88 bits per heavy atom.